The molecular weight excluding hydrogens is 357 g/mol. The van der Waals surface area contributed by atoms with Crippen molar-refractivity contribution in [3.63, 3.8) is 0 Å². The second-order valence-electron chi connectivity index (χ2n) is 4.20. The van der Waals surface area contributed by atoms with Crippen LogP contribution in [0.25, 0.3) is 6.08 Å². The third-order valence-electron chi connectivity index (χ3n) is 2.77. The van der Waals surface area contributed by atoms with Crippen molar-refractivity contribution in [1.29, 1.82) is 0 Å². The fourth-order valence-corrected chi connectivity index (χ4v) is 2.19. The lowest BCUT2D eigenvalue weighted by Crippen LogP contribution is -2.55. The molecule has 1 N–H and O–H groups in total. The first-order chi connectivity index (χ1) is 9.69. The normalized spacial score (nSPS) is 21.1. The molecule has 0 unspecified atom stereocenters. The molecule has 0 bridgehead atoms. The highest BCUT2D eigenvalue weighted by atomic mass is 79.9. The Morgan fingerprint density at radius 2 is 2.14 bits per heavy atom. The minimum atomic E-state index is -5.20. The number of benzene rings is 1. The predicted molar refractivity (Wildman–Crippen MR) is 70.4 cm³/mol. The molecule has 1 aliphatic rings. The number of carbonyl (C=O) groups excluding carboxylic acids is 1. The van der Waals surface area contributed by atoms with Crippen molar-refractivity contribution in [3.8, 4) is 5.75 Å². The van der Waals surface area contributed by atoms with Crippen molar-refractivity contribution >= 4 is 28.0 Å². The molecule has 114 valence electrons. The SMILES string of the molecule is CCOC(=O)C1=Cc2cc(Br)ccc2O[C@]1(O)C(F)(F)F. The van der Waals surface area contributed by atoms with E-state index in [0.29, 0.717) is 4.47 Å². The van der Waals surface area contributed by atoms with Gasteiger partial charge in [0.05, 0.1) is 6.61 Å². The van der Waals surface area contributed by atoms with Gasteiger partial charge in [-0.15, -0.1) is 0 Å². The Morgan fingerprint density at radius 3 is 2.71 bits per heavy atom. The van der Waals surface area contributed by atoms with Crippen molar-refractivity contribution in [2.24, 2.45) is 0 Å². The van der Waals surface area contributed by atoms with Crippen LogP contribution in [0.1, 0.15) is 12.5 Å². The number of halogens is 4. The summed E-state index contributed by atoms with van der Waals surface area (Å²) in [4.78, 5) is 11.7. The zero-order valence-corrected chi connectivity index (χ0v) is 12.3. The minimum absolute atomic E-state index is 0.130. The summed E-state index contributed by atoms with van der Waals surface area (Å²) in [6.45, 7) is 1.31. The van der Waals surface area contributed by atoms with Gasteiger partial charge >= 0.3 is 17.9 Å². The number of esters is 1. The number of alkyl halides is 3. The van der Waals surface area contributed by atoms with Crippen molar-refractivity contribution < 1.29 is 32.5 Å². The van der Waals surface area contributed by atoms with E-state index in [4.69, 9.17) is 0 Å². The summed E-state index contributed by atoms with van der Waals surface area (Å²) in [5, 5.41) is 9.85. The summed E-state index contributed by atoms with van der Waals surface area (Å²) < 4.78 is 49.2. The monoisotopic (exact) mass is 366 g/mol. The number of rotatable bonds is 2. The lowest BCUT2D eigenvalue weighted by molar-refractivity contribution is -0.316. The second-order valence-corrected chi connectivity index (χ2v) is 5.12. The fraction of sp³-hybridized carbons (Fsp3) is 0.308. The molecule has 1 aromatic carbocycles. The molecule has 8 heteroatoms. The van der Waals surface area contributed by atoms with Crippen molar-refractivity contribution in [2.45, 2.75) is 18.9 Å². The predicted octanol–water partition coefficient (Wildman–Crippen LogP) is 3.04. The van der Waals surface area contributed by atoms with E-state index in [2.05, 4.69) is 25.4 Å². The van der Waals surface area contributed by atoms with Crippen molar-refractivity contribution in [3.05, 3.63) is 33.8 Å². The number of hydrogen-bond donors (Lipinski definition) is 1. The molecule has 0 spiro atoms. The summed E-state index contributed by atoms with van der Waals surface area (Å²) in [5.74, 6) is -5.21. The van der Waals surface area contributed by atoms with Crippen LogP contribution in [0.2, 0.25) is 0 Å². The Hall–Kier alpha value is -1.54. The van der Waals surface area contributed by atoms with E-state index in [1.165, 1.54) is 25.1 Å². The molecule has 0 aliphatic carbocycles. The van der Waals surface area contributed by atoms with Crippen LogP contribution >= 0.6 is 15.9 Å². The van der Waals surface area contributed by atoms with E-state index in [0.717, 1.165) is 6.08 Å². The highest BCUT2D eigenvalue weighted by Crippen LogP contribution is 2.44. The summed E-state index contributed by atoms with van der Waals surface area (Å²) in [7, 11) is 0. The second kappa shape index (κ2) is 5.34. The average Bonchev–Trinajstić information content (AvgIpc) is 2.37. The van der Waals surface area contributed by atoms with Crippen molar-refractivity contribution in [2.75, 3.05) is 6.61 Å². The van der Waals surface area contributed by atoms with E-state index in [-0.39, 0.29) is 17.9 Å². The molecule has 4 nitrogen and oxygen atoms in total. The van der Waals surface area contributed by atoms with Gasteiger partial charge in [0.2, 0.25) is 0 Å². The van der Waals surface area contributed by atoms with E-state index >= 15 is 0 Å². The Labute approximate surface area is 126 Å². The van der Waals surface area contributed by atoms with E-state index in [9.17, 15) is 23.1 Å². The fourth-order valence-electron chi connectivity index (χ4n) is 1.81. The first-order valence-corrected chi connectivity index (χ1v) is 6.65. The van der Waals surface area contributed by atoms with Gasteiger partial charge in [0.15, 0.2) is 0 Å². The van der Waals surface area contributed by atoms with E-state index in [1.54, 1.807) is 0 Å². The molecular formula is C13H10BrF3O4. The van der Waals surface area contributed by atoms with Gasteiger partial charge in [0.25, 0.3) is 0 Å². The third-order valence-corrected chi connectivity index (χ3v) is 3.27. The standard InChI is InChI=1S/C13H10BrF3O4/c1-2-20-11(18)9-6-7-5-8(14)3-4-10(7)21-12(9,19)13(15,16)17/h3-6,19H,2H2,1H3/t12-/m0/s1. The Morgan fingerprint density at radius 1 is 1.48 bits per heavy atom. The smallest absolute Gasteiger partial charge is 0.460 e. The summed E-state index contributed by atoms with van der Waals surface area (Å²) in [6, 6.07) is 4.18. The molecule has 0 amide bonds. The topological polar surface area (TPSA) is 55.8 Å². The van der Waals surface area contributed by atoms with Gasteiger partial charge in [-0.2, -0.15) is 13.2 Å². The largest absolute Gasteiger partial charge is 0.462 e. The molecule has 1 atom stereocenters. The molecule has 2 rings (SSSR count). The molecule has 0 saturated carbocycles. The maximum Gasteiger partial charge on any atom is 0.460 e. The quantitative estimate of drug-likeness (QED) is 0.817. The zero-order valence-electron chi connectivity index (χ0n) is 10.7. The van der Waals surface area contributed by atoms with Gasteiger partial charge in [-0.3, -0.25) is 0 Å². The summed E-state index contributed by atoms with van der Waals surface area (Å²) in [5.41, 5.74) is -0.788. The molecule has 0 saturated heterocycles. The lowest BCUT2D eigenvalue weighted by atomic mass is 9.98. The van der Waals surface area contributed by atoms with E-state index < -0.39 is 23.5 Å². The third kappa shape index (κ3) is 2.77. The highest BCUT2D eigenvalue weighted by Gasteiger charge is 2.63. The number of fused-ring (bicyclic) bond motifs is 1. The summed E-state index contributed by atoms with van der Waals surface area (Å²) in [6.07, 6.45) is -4.29. The average molecular weight is 367 g/mol. The van der Waals surface area contributed by atoms with Crippen molar-refractivity contribution in [1.82, 2.24) is 0 Å². The Balaban J connectivity index is 2.59. The molecule has 1 heterocycles. The van der Waals surface area contributed by atoms with Gasteiger partial charge in [-0.05, 0) is 31.2 Å². The minimum Gasteiger partial charge on any atom is -0.462 e. The van der Waals surface area contributed by atoms with Crippen LogP contribution in [0.3, 0.4) is 0 Å². The maximum absolute atomic E-state index is 13.1. The van der Waals surface area contributed by atoms with E-state index in [1.807, 2.05) is 0 Å². The van der Waals surface area contributed by atoms with Gasteiger partial charge in [0.1, 0.15) is 11.3 Å². The summed E-state index contributed by atoms with van der Waals surface area (Å²) >= 11 is 3.16. The van der Waals surface area contributed by atoms with Crippen LogP contribution in [0.4, 0.5) is 13.2 Å². The van der Waals surface area contributed by atoms with Crippen LogP contribution in [-0.4, -0.2) is 29.6 Å². The number of hydrogen-bond acceptors (Lipinski definition) is 4. The Kier molecular flexibility index (Phi) is 4.03. The number of carbonyl (C=O) groups is 1. The molecule has 1 aliphatic heterocycles. The molecule has 0 aromatic heterocycles. The molecule has 0 fully saturated rings. The van der Waals surface area contributed by atoms with Gasteiger partial charge in [-0.1, -0.05) is 15.9 Å². The number of aliphatic hydroxyl groups is 1. The molecule has 21 heavy (non-hydrogen) atoms. The number of ether oxygens (including phenoxy) is 2. The van der Waals surface area contributed by atoms with Crippen LogP contribution in [0.15, 0.2) is 28.2 Å². The van der Waals surface area contributed by atoms with Crippen LogP contribution in [0, 0.1) is 0 Å². The van der Waals surface area contributed by atoms with Gasteiger partial charge in [-0.25, -0.2) is 4.79 Å². The maximum atomic E-state index is 13.1. The lowest BCUT2D eigenvalue weighted by Gasteiger charge is -2.35. The highest BCUT2D eigenvalue weighted by molar-refractivity contribution is 9.10. The molecule has 0 radical (unpaired) electrons. The van der Waals surface area contributed by atoms with Crippen LogP contribution in [0.5, 0.6) is 5.75 Å². The van der Waals surface area contributed by atoms with Gasteiger partial charge in [0, 0.05) is 10.0 Å². The first-order valence-electron chi connectivity index (χ1n) is 5.86. The zero-order chi connectivity index (χ0) is 15.8. The van der Waals surface area contributed by atoms with Gasteiger partial charge < -0.3 is 14.6 Å². The van der Waals surface area contributed by atoms with Crippen LogP contribution in [-0.2, 0) is 9.53 Å². The molecule has 1 aromatic rings. The Bertz CT molecular complexity index is 612. The van der Waals surface area contributed by atoms with Crippen LogP contribution < -0.4 is 4.74 Å². The first kappa shape index (κ1) is 15.8.